The van der Waals surface area contributed by atoms with Gasteiger partial charge in [0.25, 0.3) is 0 Å². The quantitative estimate of drug-likeness (QED) is 0.724. The van der Waals surface area contributed by atoms with Crippen molar-refractivity contribution in [2.75, 3.05) is 18.5 Å². The molecule has 5 nitrogen and oxygen atoms in total. The summed E-state index contributed by atoms with van der Waals surface area (Å²) in [6.07, 6.45) is 1.18. The number of anilines is 1. The Balaban J connectivity index is 2.76. The maximum atomic E-state index is 12.3. The van der Waals surface area contributed by atoms with Gasteiger partial charge in [0.05, 0.1) is 12.7 Å². The monoisotopic (exact) mass is 294 g/mol. The van der Waals surface area contributed by atoms with Gasteiger partial charge in [0, 0.05) is 18.3 Å². The second kappa shape index (κ2) is 8.64. The Morgan fingerprint density at radius 3 is 2.24 bits per heavy atom. The van der Waals surface area contributed by atoms with Crippen LogP contribution >= 0.6 is 0 Å². The SMILES string of the molecule is CCC(CC)N(CCO)C(=O)Nc1ccc(C(C)O)cc1. The number of aliphatic hydroxyl groups is 2. The van der Waals surface area contributed by atoms with Gasteiger partial charge in [-0.05, 0) is 37.5 Å². The molecule has 0 heterocycles. The number of urea groups is 1. The van der Waals surface area contributed by atoms with Crippen LogP contribution in [0.2, 0.25) is 0 Å². The smallest absolute Gasteiger partial charge is 0.322 e. The van der Waals surface area contributed by atoms with Crippen LogP contribution in [0.4, 0.5) is 10.5 Å². The highest BCUT2D eigenvalue weighted by atomic mass is 16.3. The minimum absolute atomic E-state index is 0.0507. The standard InChI is InChI=1S/C16H26N2O3/c1-4-15(5-2)18(10-11-19)16(21)17-14-8-6-13(7-9-14)12(3)20/h6-9,12,15,19-20H,4-5,10-11H2,1-3H3,(H,17,21). The Labute approximate surface area is 126 Å². The molecule has 0 aliphatic heterocycles. The normalized spacial score (nSPS) is 12.3. The third-order valence-electron chi connectivity index (χ3n) is 3.63. The molecule has 1 aromatic rings. The molecule has 1 unspecified atom stereocenters. The van der Waals surface area contributed by atoms with E-state index < -0.39 is 6.10 Å². The van der Waals surface area contributed by atoms with Gasteiger partial charge in [0.15, 0.2) is 0 Å². The predicted molar refractivity (Wildman–Crippen MR) is 84.3 cm³/mol. The van der Waals surface area contributed by atoms with Crippen molar-refractivity contribution >= 4 is 11.7 Å². The van der Waals surface area contributed by atoms with E-state index in [1.807, 2.05) is 13.8 Å². The highest BCUT2D eigenvalue weighted by molar-refractivity contribution is 5.89. The maximum absolute atomic E-state index is 12.3. The molecule has 1 atom stereocenters. The van der Waals surface area contributed by atoms with Crippen molar-refractivity contribution in [3.05, 3.63) is 29.8 Å². The molecule has 21 heavy (non-hydrogen) atoms. The van der Waals surface area contributed by atoms with Crippen molar-refractivity contribution in [2.45, 2.75) is 45.8 Å². The van der Waals surface area contributed by atoms with Gasteiger partial charge in [0.2, 0.25) is 0 Å². The van der Waals surface area contributed by atoms with E-state index in [4.69, 9.17) is 5.11 Å². The molecule has 0 radical (unpaired) electrons. The average Bonchev–Trinajstić information content (AvgIpc) is 2.48. The predicted octanol–water partition coefficient (Wildman–Crippen LogP) is 2.75. The van der Waals surface area contributed by atoms with Gasteiger partial charge in [-0.25, -0.2) is 4.79 Å². The van der Waals surface area contributed by atoms with E-state index >= 15 is 0 Å². The van der Waals surface area contributed by atoms with Crippen LogP contribution in [-0.2, 0) is 0 Å². The van der Waals surface area contributed by atoms with Crippen LogP contribution in [0, 0.1) is 0 Å². The molecule has 5 heteroatoms. The zero-order valence-corrected chi connectivity index (χ0v) is 13.0. The number of amides is 2. The zero-order chi connectivity index (χ0) is 15.8. The van der Waals surface area contributed by atoms with E-state index in [0.717, 1.165) is 18.4 Å². The van der Waals surface area contributed by atoms with Gasteiger partial charge in [-0.3, -0.25) is 0 Å². The van der Waals surface area contributed by atoms with Crippen molar-refractivity contribution in [3.63, 3.8) is 0 Å². The largest absolute Gasteiger partial charge is 0.395 e. The summed E-state index contributed by atoms with van der Waals surface area (Å²) in [7, 11) is 0. The molecule has 1 rings (SSSR count). The highest BCUT2D eigenvalue weighted by Gasteiger charge is 2.20. The van der Waals surface area contributed by atoms with Gasteiger partial charge in [-0.1, -0.05) is 26.0 Å². The summed E-state index contributed by atoms with van der Waals surface area (Å²) in [5.74, 6) is 0. The third-order valence-corrected chi connectivity index (χ3v) is 3.63. The fourth-order valence-corrected chi connectivity index (χ4v) is 2.33. The van der Waals surface area contributed by atoms with E-state index in [-0.39, 0.29) is 18.7 Å². The highest BCUT2D eigenvalue weighted by Crippen LogP contribution is 2.17. The van der Waals surface area contributed by atoms with Gasteiger partial charge < -0.3 is 20.4 Å². The average molecular weight is 294 g/mol. The lowest BCUT2D eigenvalue weighted by Crippen LogP contribution is -2.44. The molecule has 0 aliphatic rings. The van der Waals surface area contributed by atoms with Crippen LogP contribution in [0.1, 0.15) is 45.3 Å². The summed E-state index contributed by atoms with van der Waals surface area (Å²) in [6.45, 7) is 6.03. The first-order valence-corrected chi connectivity index (χ1v) is 7.49. The van der Waals surface area contributed by atoms with Crippen LogP contribution in [0.5, 0.6) is 0 Å². The van der Waals surface area contributed by atoms with Gasteiger partial charge in [0.1, 0.15) is 0 Å². The maximum Gasteiger partial charge on any atom is 0.322 e. The molecule has 0 saturated carbocycles. The summed E-state index contributed by atoms with van der Waals surface area (Å²) in [5, 5.41) is 21.4. The van der Waals surface area contributed by atoms with Crippen molar-refractivity contribution < 1.29 is 15.0 Å². The molecule has 0 fully saturated rings. The number of benzene rings is 1. The lowest BCUT2D eigenvalue weighted by atomic mass is 10.1. The van der Waals surface area contributed by atoms with E-state index in [0.29, 0.717) is 12.2 Å². The second-order valence-corrected chi connectivity index (χ2v) is 5.12. The fraction of sp³-hybridized carbons (Fsp3) is 0.562. The van der Waals surface area contributed by atoms with E-state index in [1.54, 1.807) is 36.1 Å². The van der Waals surface area contributed by atoms with Crippen molar-refractivity contribution in [1.82, 2.24) is 4.90 Å². The molecule has 0 aliphatic carbocycles. The molecular formula is C16H26N2O3. The summed E-state index contributed by atoms with van der Waals surface area (Å²) < 4.78 is 0. The minimum atomic E-state index is -0.523. The number of carbonyl (C=O) groups excluding carboxylic acids is 1. The Morgan fingerprint density at radius 2 is 1.81 bits per heavy atom. The summed E-state index contributed by atoms with van der Waals surface area (Å²) in [4.78, 5) is 14.0. The molecule has 0 bridgehead atoms. The minimum Gasteiger partial charge on any atom is -0.395 e. The van der Waals surface area contributed by atoms with E-state index in [9.17, 15) is 9.90 Å². The van der Waals surface area contributed by atoms with Crippen LogP contribution < -0.4 is 5.32 Å². The fourth-order valence-electron chi connectivity index (χ4n) is 2.33. The summed E-state index contributed by atoms with van der Waals surface area (Å²) >= 11 is 0. The van der Waals surface area contributed by atoms with Crippen molar-refractivity contribution in [1.29, 1.82) is 0 Å². The van der Waals surface area contributed by atoms with E-state index in [2.05, 4.69) is 5.32 Å². The lowest BCUT2D eigenvalue weighted by molar-refractivity contribution is 0.158. The van der Waals surface area contributed by atoms with E-state index in [1.165, 1.54) is 0 Å². The van der Waals surface area contributed by atoms with Gasteiger partial charge in [-0.15, -0.1) is 0 Å². The molecule has 0 spiro atoms. The first-order valence-electron chi connectivity index (χ1n) is 7.49. The number of hydrogen-bond acceptors (Lipinski definition) is 3. The van der Waals surface area contributed by atoms with Crippen LogP contribution in [0.15, 0.2) is 24.3 Å². The Hall–Kier alpha value is -1.59. The molecular weight excluding hydrogens is 268 g/mol. The number of nitrogens with one attached hydrogen (secondary N) is 1. The molecule has 3 N–H and O–H groups in total. The lowest BCUT2D eigenvalue weighted by Gasteiger charge is -2.30. The Kier molecular flexibility index (Phi) is 7.19. The molecule has 1 aromatic carbocycles. The molecule has 118 valence electrons. The summed E-state index contributed by atoms with van der Waals surface area (Å²) in [6, 6.07) is 7.02. The molecule has 0 aromatic heterocycles. The third kappa shape index (κ3) is 5.02. The number of aliphatic hydroxyl groups excluding tert-OH is 2. The topological polar surface area (TPSA) is 72.8 Å². The Bertz CT molecular complexity index is 428. The summed E-state index contributed by atoms with van der Waals surface area (Å²) in [5.41, 5.74) is 1.48. The molecule has 2 amide bonds. The number of hydrogen-bond donors (Lipinski definition) is 3. The zero-order valence-electron chi connectivity index (χ0n) is 13.0. The number of carbonyl (C=O) groups is 1. The van der Waals surface area contributed by atoms with Crippen LogP contribution in [-0.4, -0.2) is 40.3 Å². The van der Waals surface area contributed by atoms with Crippen LogP contribution in [0.25, 0.3) is 0 Å². The molecule has 0 saturated heterocycles. The first-order chi connectivity index (χ1) is 10.0. The number of nitrogens with zero attached hydrogens (tertiary/aromatic N) is 1. The second-order valence-electron chi connectivity index (χ2n) is 5.12. The van der Waals surface area contributed by atoms with Crippen LogP contribution in [0.3, 0.4) is 0 Å². The number of rotatable bonds is 7. The van der Waals surface area contributed by atoms with Crippen molar-refractivity contribution in [2.24, 2.45) is 0 Å². The van der Waals surface area contributed by atoms with Gasteiger partial charge in [-0.2, -0.15) is 0 Å². The Morgan fingerprint density at radius 1 is 1.24 bits per heavy atom. The first kappa shape index (κ1) is 17.5. The van der Waals surface area contributed by atoms with Crippen molar-refractivity contribution in [3.8, 4) is 0 Å². The van der Waals surface area contributed by atoms with Gasteiger partial charge >= 0.3 is 6.03 Å².